The number of nitrogens with zero attached hydrogens (tertiary/aromatic N) is 1. The minimum Gasteiger partial charge on any atom is -0.490 e. The molecule has 12 heteroatoms. The number of nitrogens with two attached hydrogens (primary N) is 1. The van der Waals surface area contributed by atoms with E-state index in [0.29, 0.717) is 23.5 Å². The molecule has 0 spiro atoms. The molecule has 188 valence electrons. The van der Waals surface area contributed by atoms with E-state index >= 15 is 0 Å². The van der Waals surface area contributed by atoms with Gasteiger partial charge in [-0.3, -0.25) is 9.80 Å². The van der Waals surface area contributed by atoms with Gasteiger partial charge in [-0.05, 0) is 36.4 Å². The van der Waals surface area contributed by atoms with Gasteiger partial charge >= 0.3 is 12.3 Å². The molecule has 0 amide bonds. The average Bonchev–Trinajstić information content (AvgIpc) is 3.26. The monoisotopic (exact) mass is 491 g/mol. The number of ketones is 1. The number of hydrogen-bond donors (Lipinski definition) is 2. The van der Waals surface area contributed by atoms with Gasteiger partial charge in [-0.1, -0.05) is 12.1 Å². The van der Waals surface area contributed by atoms with Crippen molar-refractivity contribution >= 4 is 23.8 Å². The Morgan fingerprint density at radius 3 is 2.49 bits per heavy atom. The number of methoxy groups -OCH3 is 2. The molecule has 3 N–H and O–H groups in total. The van der Waals surface area contributed by atoms with Crippen molar-refractivity contribution in [1.29, 1.82) is 0 Å². The third kappa shape index (κ3) is 6.80. The van der Waals surface area contributed by atoms with Crippen LogP contribution < -0.4 is 20.9 Å². The Kier molecular flexibility index (Phi) is 8.81. The topological polar surface area (TPSA) is 139 Å². The fourth-order valence-corrected chi connectivity index (χ4v) is 3.38. The summed E-state index contributed by atoms with van der Waals surface area (Å²) in [5.41, 5.74) is 10.4. The number of hydrogen-bond acceptors (Lipinski definition) is 11. The largest absolute Gasteiger partial charge is 0.508 e. The van der Waals surface area contributed by atoms with Gasteiger partial charge in [0, 0.05) is 12.1 Å². The zero-order valence-electron chi connectivity index (χ0n) is 19.1. The summed E-state index contributed by atoms with van der Waals surface area (Å²) in [4.78, 5) is 35.8. The fourth-order valence-electron chi connectivity index (χ4n) is 3.38. The minimum atomic E-state index is -0.988. The van der Waals surface area contributed by atoms with Gasteiger partial charge in [0.2, 0.25) is 0 Å². The Morgan fingerprint density at radius 2 is 1.80 bits per heavy atom. The number of rotatable bonds is 9. The molecule has 2 unspecified atom stereocenters. The zero-order valence-corrected chi connectivity index (χ0v) is 19.1. The number of Topliss-reactive ketones (excluding diaryl/α,β-unsaturated/α-hetero) is 1. The van der Waals surface area contributed by atoms with Gasteiger partial charge < -0.3 is 29.4 Å². The second kappa shape index (κ2) is 12.0. The first-order valence-corrected chi connectivity index (χ1v) is 10.6. The summed E-state index contributed by atoms with van der Waals surface area (Å²) < 4.78 is 37.5. The van der Waals surface area contributed by atoms with Crippen LogP contribution >= 0.6 is 0 Å². The van der Waals surface area contributed by atoms with Gasteiger partial charge in [-0.25, -0.2) is 19.4 Å². The van der Waals surface area contributed by atoms with Crippen molar-refractivity contribution in [2.24, 2.45) is 11.7 Å². The molecule has 0 bridgehead atoms. The Bertz CT molecular complexity index is 1040. The molecular formula is C23H26FN3O8. The molecule has 11 nitrogen and oxygen atoms in total. The van der Waals surface area contributed by atoms with E-state index in [1.165, 1.54) is 18.2 Å². The van der Waals surface area contributed by atoms with E-state index in [4.69, 9.17) is 19.9 Å². The van der Waals surface area contributed by atoms with Crippen LogP contribution in [0.25, 0.3) is 0 Å². The van der Waals surface area contributed by atoms with Crippen molar-refractivity contribution in [2.45, 2.75) is 12.3 Å². The van der Waals surface area contributed by atoms with Crippen LogP contribution in [0.3, 0.4) is 0 Å². The summed E-state index contributed by atoms with van der Waals surface area (Å²) in [5, 5.41) is 1.62. The maximum absolute atomic E-state index is 13.2. The van der Waals surface area contributed by atoms with Crippen LogP contribution in [-0.4, -0.2) is 64.3 Å². The van der Waals surface area contributed by atoms with Crippen LogP contribution in [0.5, 0.6) is 5.75 Å². The molecule has 0 saturated carbocycles. The van der Waals surface area contributed by atoms with Crippen molar-refractivity contribution in [3.8, 4) is 5.75 Å². The number of carbonyl (C=O) groups excluding carboxylic acids is 3. The van der Waals surface area contributed by atoms with Gasteiger partial charge in [-0.2, -0.15) is 0 Å². The highest BCUT2D eigenvalue weighted by atomic mass is 19.1. The fraction of sp³-hybridized carbons (Fsp3) is 0.348. The molecule has 0 radical (unpaired) electrons. The van der Waals surface area contributed by atoms with Crippen LogP contribution in [0.15, 0.2) is 48.5 Å². The van der Waals surface area contributed by atoms with Crippen LogP contribution in [0, 0.1) is 11.7 Å². The predicted molar refractivity (Wildman–Crippen MR) is 120 cm³/mol. The summed E-state index contributed by atoms with van der Waals surface area (Å²) in [7, 11) is 2.28. The third-order valence-corrected chi connectivity index (χ3v) is 5.17. The molecule has 2 aromatic rings. The van der Waals surface area contributed by atoms with Crippen molar-refractivity contribution < 1.29 is 42.5 Å². The number of ether oxygens (including phenoxy) is 5. The number of anilines is 1. The van der Waals surface area contributed by atoms with Gasteiger partial charge in [0.05, 0.1) is 25.8 Å². The Labute approximate surface area is 200 Å². The lowest BCUT2D eigenvalue weighted by molar-refractivity contribution is -0.0219. The number of halogens is 1. The smallest absolute Gasteiger partial charge is 0.490 e. The maximum atomic E-state index is 13.2. The summed E-state index contributed by atoms with van der Waals surface area (Å²) in [6, 6.07) is 12.2. The minimum absolute atomic E-state index is 0.188. The average molecular weight is 491 g/mol. The summed E-state index contributed by atoms with van der Waals surface area (Å²) >= 11 is 0. The van der Waals surface area contributed by atoms with Crippen molar-refractivity contribution in [1.82, 2.24) is 5.43 Å². The van der Waals surface area contributed by atoms with Crippen LogP contribution in [0.1, 0.15) is 10.4 Å². The number of nitrogens with one attached hydrogen (secondary N) is 1. The van der Waals surface area contributed by atoms with E-state index in [0.717, 1.165) is 14.2 Å². The number of benzene rings is 2. The quantitative estimate of drug-likeness (QED) is 0.394. The molecule has 35 heavy (non-hydrogen) atoms. The molecule has 1 aliphatic rings. The lowest BCUT2D eigenvalue weighted by atomic mass is 9.96. The first-order valence-electron chi connectivity index (χ1n) is 10.6. The lowest BCUT2D eigenvalue weighted by Crippen LogP contribution is -2.45. The SMILES string of the molecule is COC(=O)OC[C@@H](COc1cccc(C(=O)C2CNN(c3ccc(F)cc3)C2N)c1)OC(=O)OC. The van der Waals surface area contributed by atoms with E-state index in [1.54, 1.807) is 35.3 Å². The van der Waals surface area contributed by atoms with Crippen molar-refractivity contribution in [3.05, 3.63) is 59.9 Å². The van der Waals surface area contributed by atoms with E-state index < -0.39 is 30.5 Å². The standard InChI is InChI=1S/C23H26FN3O8/c1-31-22(29)34-13-18(35-23(30)32-2)12-33-17-5-3-4-14(10-17)20(28)19-11-26-27(21(19)25)16-8-6-15(24)7-9-16/h3-10,18-19,21,26H,11-13,25H2,1-2H3/t18-,19?,21?/m1/s1. The van der Waals surface area contributed by atoms with E-state index in [2.05, 4.69) is 14.9 Å². The van der Waals surface area contributed by atoms with Gasteiger partial charge in [0.15, 0.2) is 11.9 Å². The molecule has 1 heterocycles. The first-order chi connectivity index (χ1) is 16.8. The molecule has 3 rings (SSSR count). The van der Waals surface area contributed by atoms with Crippen molar-refractivity contribution in [2.75, 3.05) is 39.0 Å². The maximum Gasteiger partial charge on any atom is 0.508 e. The molecule has 3 atom stereocenters. The summed E-state index contributed by atoms with van der Waals surface area (Å²) in [5.74, 6) is -0.833. The zero-order chi connectivity index (χ0) is 25.4. The highest BCUT2D eigenvalue weighted by Crippen LogP contribution is 2.25. The predicted octanol–water partition coefficient (Wildman–Crippen LogP) is 2.25. The summed E-state index contributed by atoms with van der Waals surface area (Å²) in [6.45, 7) is -0.225. The molecule has 0 aliphatic carbocycles. The molecular weight excluding hydrogens is 465 g/mol. The van der Waals surface area contributed by atoms with E-state index in [1.807, 2.05) is 0 Å². The second-order valence-electron chi connectivity index (χ2n) is 7.47. The first kappa shape index (κ1) is 25.7. The molecule has 1 fully saturated rings. The molecule has 2 aromatic carbocycles. The Morgan fingerprint density at radius 1 is 1.09 bits per heavy atom. The van der Waals surface area contributed by atoms with Gasteiger partial charge in [-0.15, -0.1) is 0 Å². The normalized spacial score (nSPS) is 17.9. The van der Waals surface area contributed by atoms with Crippen molar-refractivity contribution in [3.63, 3.8) is 0 Å². The number of hydrazine groups is 1. The Balaban J connectivity index is 1.64. The summed E-state index contributed by atoms with van der Waals surface area (Å²) in [6.07, 6.45) is -3.60. The van der Waals surface area contributed by atoms with Crippen LogP contribution in [0.4, 0.5) is 19.7 Å². The highest BCUT2D eigenvalue weighted by Gasteiger charge is 2.37. The lowest BCUT2D eigenvalue weighted by Gasteiger charge is -2.25. The number of carbonyl (C=O) groups is 3. The van der Waals surface area contributed by atoms with Crippen LogP contribution in [-0.2, 0) is 18.9 Å². The van der Waals surface area contributed by atoms with E-state index in [-0.39, 0.29) is 24.8 Å². The molecule has 1 saturated heterocycles. The third-order valence-electron chi connectivity index (χ3n) is 5.17. The molecule has 1 aliphatic heterocycles. The van der Waals surface area contributed by atoms with Gasteiger partial charge in [0.1, 0.15) is 30.9 Å². The second-order valence-corrected chi connectivity index (χ2v) is 7.47. The Hall–Kier alpha value is -3.90. The molecule has 0 aromatic heterocycles. The van der Waals surface area contributed by atoms with Crippen LogP contribution in [0.2, 0.25) is 0 Å². The van der Waals surface area contributed by atoms with Gasteiger partial charge in [0.25, 0.3) is 0 Å². The van der Waals surface area contributed by atoms with E-state index in [9.17, 15) is 18.8 Å². The highest BCUT2D eigenvalue weighted by molar-refractivity contribution is 5.99.